The van der Waals surface area contributed by atoms with Crippen LogP contribution in [0.5, 0.6) is 0 Å². The molecule has 0 aromatic heterocycles. The molecule has 64 valence electrons. The van der Waals surface area contributed by atoms with E-state index in [0.717, 1.165) is 19.3 Å². The van der Waals surface area contributed by atoms with E-state index < -0.39 is 6.17 Å². The molecular formula is C9H16FN. The fourth-order valence-corrected chi connectivity index (χ4v) is 1.83. The number of halogens is 1. The topological polar surface area (TPSA) is 12.0 Å². The fourth-order valence-electron chi connectivity index (χ4n) is 1.83. The molecule has 0 bridgehead atoms. The Morgan fingerprint density at radius 2 is 1.73 bits per heavy atom. The zero-order valence-corrected chi connectivity index (χ0v) is 6.85. The molecule has 0 aromatic carbocycles. The van der Waals surface area contributed by atoms with Crippen LogP contribution in [0.25, 0.3) is 0 Å². The molecule has 2 aliphatic carbocycles. The van der Waals surface area contributed by atoms with Crippen molar-refractivity contribution in [3.63, 3.8) is 0 Å². The first-order valence-electron chi connectivity index (χ1n) is 4.76. The summed E-state index contributed by atoms with van der Waals surface area (Å²) in [6.07, 6.45) is 6.10. The van der Waals surface area contributed by atoms with Gasteiger partial charge in [-0.15, -0.1) is 0 Å². The Morgan fingerprint density at radius 3 is 2.36 bits per heavy atom. The highest BCUT2D eigenvalue weighted by atomic mass is 19.1. The lowest BCUT2D eigenvalue weighted by atomic mass is 9.93. The molecule has 0 saturated heterocycles. The first kappa shape index (κ1) is 7.53. The lowest BCUT2D eigenvalue weighted by molar-refractivity contribution is 0.188. The minimum absolute atomic E-state index is 0.191. The maximum atomic E-state index is 13.2. The lowest BCUT2D eigenvalue weighted by Gasteiger charge is -2.26. The maximum Gasteiger partial charge on any atom is 0.115 e. The highest BCUT2D eigenvalue weighted by Crippen LogP contribution is 2.26. The van der Waals surface area contributed by atoms with Gasteiger partial charge in [-0.3, -0.25) is 0 Å². The van der Waals surface area contributed by atoms with E-state index in [-0.39, 0.29) is 6.04 Å². The largest absolute Gasteiger partial charge is 0.308 e. The van der Waals surface area contributed by atoms with Gasteiger partial charge in [0, 0.05) is 12.1 Å². The average molecular weight is 157 g/mol. The van der Waals surface area contributed by atoms with Crippen molar-refractivity contribution in [1.82, 2.24) is 5.32 Å². The van der Waals surface area contributed by atoms with Gasteiger partial charge in [-0.05, 0) is 25.7 Å². The van der Waals surface area contributed by atoms with E-state index in [0.29, 0.717) is 6.04 Å². The summed E-state index contributed by atoms with van der Waals surface area (Å²) in [4.78, 5) is 0. The summed E-state index contributed by atoms with van der Waals surface area (Å²) in [7, 11) is 0. The van der Waals surface area contributed by atoms with Crippen LogP contribution in [0, 0.1) is 0 Å². The van der Waals surface area contributed by atoms with Gasteiger partial charge in [-0.1, -0.05) is 12.8 Å². The molecule has 0 heterocycles. The third kappa shape index (κ3) is 1.92. The molecule has 2 aliphatic rings. The minimum Gasteiger partial charge on any atom is -0.308 e. The SMILES string of the molecule is F[C@H]1CCCC[C@@H]1NC1CC1. The van der Waals surface area contributed by atoms with Crippen LogP contribution < -0.4 is 5.32 Å². The predicted molar refractivity (Wildman–Crippen MR) is 43.3 cm³/mol. The van der Waals surface area contributed by atoms with E-state index in [4.69, 9.17) is 0 Å². The second-order valence-electron chi connectivity index (χ2n) is 3.85. The van der Waals surface area contributed by atoms with Crippen molar-refractivity contribution >= 4 is 0 Å². The van der Waals surface area contributed by atoms with E-state index in [1.807, 2.05) is 0 Å². The molecule has 2 saturated carbocycles. The predicted octanol–water partition coefficient (Wildman–Crippen LogP) is 2.02. The Morgan fingerprint density at radius 1 is 1.00 bits per heavy atom. The Hall–Kier alpha value is -0.110. The fraction of sp³-hybridized carbons (Fsp3) is 1.00. The average Bonchev–Trinajstić information content (AvgIpc) is 2.78. The number of hydrogen-bond donors (Lipinski definition) is 1. The highest BCUT2D eigenvalue weighted by Gasteiger charge is 2.30. The van der Waals surface area contributed by atoms with Gasteiger partial charge in [0.15, 0.2) is 0 Å². The van der Waals surface area contributed by atoms with Crippen LogP contribution in [0.15, 0.2) is 0 Å². The lowest BCUT2D eigenvalue weighted by Crippen LogP contribution is -2.40. The molecular weight excluding hydrogens is 141 g/mol. The summed E-state index contributed by atoms with van der Waals surface area (Å²) in [5.74, 6) is 0. The van der Waals surface area contributed by atoms with Crippen molar-refractivity contribution in [2.75, 3.05) is 0 Å². The molecule has 0 aliphatic heterocycles. The molecule has 2 heteroatoms. The number of alkyl halides is 1. The highest BCUT2D eigenvalue weighted by molar-refractivity contribution is 4.89. The Balaban J connectivity index is 1.78. The Kier molecular flexibility index (Phi) is 2.12. The first-order chi connectivity index (χ1) is 5.36. The standard InChI is InChI=1S/C9H16FN/c10-8-3-1-2-4-9(8)11-7-5-6-7/h7-9,11H,1-6H2/t8-,9-/m0/s1. The van der Waals surface area contributed by atoms with E-state index in [2.05, 4.69) is 5.32 Å². The van der Waals surface area contributed by atoms with Gasteiger partial charge in [-0.25, -0.2) is 4.39 Å². The van der Waals surface area contributed by atoms with Crippen molar-refractivity contribution in [3.8, 4) is 0 Å². The molecule has 0 aromatic rings. The van der Waals surface area contributed by atoms with Gasteiger partial charge < -0.3 is 5.32 Å². The molecule has 11 heavy (non-hydrogen) atoms. The van der Waals surface area contributed by atoms with Crippen LogP contribution in [0.3, 0.4) is 0 Å². The van der Waals surface area contributed by atoms with Crippen molar-refractivity contribution in [1.29, 1.82) is 0 Å². The second-order valence-corrected chi connectivity index (χ2v) is 3.85. The zero-order chi connectivity index (χ0) is 7.68. The van der Waals surface area contributed by atoms with Crippen LogP contribution in [-0.2, 0) is 0 Å². The van der Waals surface area contributed by atoms with Gasteiger partial charge in [0.25, 0.3) is 0 Å². The summed E-state index contributed by atoms with van der Waals surface area (Å²) < 4.78 is 13.2. The van der Waals surface area contributed by atoms with Gasteiger partial charge >= 0.3 is 0 Å². The molecule has 1 N–H and O–H groups in total. The van der Waals surface area contributed by atoms with E-state index in [1.54, 1.807) is 0 Å². The van der Waals surface area contributed by atoms with Crippen LogP contribution >= 0.6 is 0 Å². The first-order valence-corrected chi connectivity index (χ1v) is 4.76. The summed E-state index contributed by atoms with van der Waals surface area (Å²) in [5.41, 5.74) is 0. The smallest absolute Gasteiger partial charge is 0.115 e. The molecule has 1 nitrogen and oxygen atoms in total. The summed E-state index contributed by atoms with van der Waals surface area (Å²) in [6.45, 7) is 0. The van der Waals surface area contributed by atoms with Crippen LogP contribution in [0.4, 0.5) is 4.39 Å². The maximum absolute atomic E-state index is 13.2. The second kappa shape index (κ2) is 3.10. The normalized spacial score (nSPS) is 39.0. The molecule has 0 amide bonds. The van der Waals surface area contributed by atoms with Crippen molar-refractivity contribution in [2.45, 2.75) is 56.8 Å². The molecule has 2 fully saturated rings. The Labute approximate surface area is 67.4 Å². The number of rotatable bonds is 2. The van der Waals surface area contributed by atoms with Gasteiger partial charge in [0.1, 0.15) is 6.17 Å². The molecule has 0 spiro atoms. The van der Waals surface area contributed by atoms with Crippen molar-refractivity contribution in [3.05, 3.63) is 0 Å². The Bertz CT molecular complexity index is 134. The number of hydrogen-bond acceptors (Lipinski definition) is 1. The van der Waals surface area contributed by atoms with E-state index in [9.17, 15) is 4.39 Å². The van der Waals surface area contributed by atoms with E-state index >= 15 is 0 Å². The van der Waals surface area contributed by atoms with Crippen molar-refractivity contribution < 1.29 is 4.39 Å². The number of nitrogens with one attached hydrogen (secondary N) is 1. The molecule has 2 rings (SSSR count). The summed E-state index contributed by atoms with van der Waals surface area (Å²) in [5, 5.41) is 3.37. The van der Waals surface area contributed by atoms with Gasteiger partial charge in [-0.2, -0.15) is 0 Å². The van der Waals surface area contributed by atoms with Gasteiger partial charge in [0.05, 0.1) is 0 Å². The monoisotopic (exact) mass is 157 g/mol. The van der Waals surface area contributed by atoms with E-state index in [1.165, 1.54) is 19.3 Å². The summed E-state index contributed by atoms with van der Waals surface area (Å²) >= 11 is 0. The van der Waals surface area contributed by atoms with Crippen LogP contribution in [0.1, 0.15) is 38.5 Å². The molecule has 0 unspecified atom stereocenters. The van der Waals surface area contributed by atoms with Crippen LogP contribution in [0.2, 0.25) is 0 Å². The van der Waals surface area contributed by atoms with Crippen LogP contribution in [-0.4, -0.2) is 18.3 Å². The molecule has 0 radical (unpaired) electrons. The minimum atomic E-state index is -0.565. The van der Waals surface area contributed by atoms with Gasteiger partial charge in [0.2, 0.25) is 0 Å². The third-order valence-electron chi connectivity index (χ3n) is 2.71. The zero-order valence-electron chi connectivity index (χ0n) is 6.85. The third-order valence-corrected chi connectivity index (χ3v) is 2.71. The quantitative estimate of drug-likeness (QED) is 0.646. The van der Waals surface area contributed by atoms with Crippen molar-refractivity contribution in [2.24, 2.45) is 0 Å². The summed E-state index contributed by atoms with van der Waals surface area (Å²) in [6, 6.07) is 0.854. The molecule has 2 atom stereocenters.